The Balaban J connectivity index is 1.42. The number of nitrogens with one attached hydrogen (secondary N) is 1. The molecule has 0 aliphatic carbocycles. The molecule has 1 fully saturated rings. The lowest BCUT2D eigenvalue weighted by Crippen LogP contribution is -2.52. The van der Waals surface area contributed by atoms with Crippen LogP contribution in [-0.4, -0.2) is 78.4 Å². The predicted octanol–water partition coefficient (Wildman–Crippen LogP) is 6.26. The topological polar surface area (TPSA) is 88.9 Å². The number of hydrogen-bond acceptors (Lipinski definition) is 7. The molecular weight excluding hydrogens is 594 g/mol. The summed E-state index contributed by atoms with van der Waals surface area (Å²) in [4.78, 5) is 36.0. The second kappa shape index (κ2) is 12.6. The van der Waals surface area contributed by atoms with Crippen LogP contribution in [-0.2, 0) is 22.3 Å². The Morgan fingerprint density at radius 3 is 2.43 bits per heavy atom. The lowest BCUT2D eigenvalue weighted by Gasteiger charge is -2.41. The Hall–Kier alpha value is -2.76. The Kier molecular flexibility index (Phi) is 9.31. The van der Waals surface area contributed by atoms with Crippen molar-refractivity contribution in [3.63, 3.8) is 0 Å². The third-order valence-corrected chi connectivity index (χ3v) is 9.09. The maximum Gasteiger partial charge on any atom is 0.419 e. The van der Waals surface area contributed by atoms with Gasteiger partial charge in [-0.25, -0.2) is 9.36 Å². The first-order valence-corrected chi connectivity index (χ1v) is 18.7. The summed E-state index contributed by atoms with van der Waals surface area (Å²) in [6.45, 7) is 21.8. The Bertz CT molecular complexity index is 1550. The van der Waals surface area contributed by atoms with Gasteiger partial charge in [0.05, 0.1) is 28.0 Å². The molecule has 44 heavy (non-hydrogen) atoms. The van der Waals surface area contributed by atoms with E-state index < -0.39 is 20.7 Å². The number of ether oxygens (including phenoxy) is 1. The van der Waals surface area contributed by atoms with E-state index in [0.29, 0.717) is 39.6 Å². The van der Waals surface area contributed by atoms with Crippen molar-refractivity contribution in [2.24, 2.45) is 5.41 Å². The van der Waals surface area contributed by atoms with Crippen molar-refractivity contribution >= 4 is 43.5 Å². The molecule has 0 bridgehead atoms. The maximum absolute atomic E-state index is 13.6. The van der Waals surface area contributed by atoms with Gasteiger partial charge in [0.1, 0.15) is 11.3 Å². The summed E-state index contributed by atoms with van der Waals surface area (Å²) in [7, 11) is -1.16. The first-order chi connectivity index (χ1) is 20.6. The van der Waals surface area contributed by atoms with E-state index >= 15 is 0 Å². The zero-order valence-electron chi connectivity index (χ0n) is 27.3. The molecule has 1 aromatic carbocycles. The summed E-state index contributed by atoms with van der Waals surface area (Å²) in [5.74, 6) is -0.253. The maximum atomic E-state index is 13.6. The highest BCUT2D eigenvalue weighted by atomic mass is 35.5. The van der Waals surface area contributed by atoms with Crippen molar-refractivity contribution in [3.05, 3.63) is 52.2 Å². The van der Waals surface area contributed by atoms with Gasteiger partial charge in [0.2, 0.25) is 0 Å². The second-order valence-electron chi connectivity index (χ2n) is 14.4. The van der Waals surface area contributed by atoms with Crippen LogP contribution in [0.2, 0.25) is 18.1 Å². The minimum absolute atomic E-state index is 0.177. The molecule has 9 nitrogen and oxygen atoms in total. The summed E-state index contributed by atoms with van der Waals surface area (Å²) in [5, 5.41) is 4.14. The summed E-state index contributed by atoms with van der Waals surface area (Å²) < 4.78 is 13.8. The molecule has 2 aromatic heterocycles. The van der Waals surface area contributed by atoms with Gasteiger partial charge in [-0.3, -0.25) is 19.6 Å². The van der Waals surface area contributed by atoms with E-state index in [1.165, 1.54) is 4.57 Å². The highest BCUT2D eigenvalue weighted by molar-refractivity contribution is 6.48. The minimum atomic E-state index is -1.16. The summed E-state index contributed by atoms with van der Waals surface area (Å²) in [5.41, 5.74) is 3.37. The number of carbonyl (C=O) groups excluding carboxylic acids is 2. The van der Waals surface area contributed by atoms with Crippen LogP contribution in [0.25, 0.3) is 22.3 Å². The number of carbonyl (C=O) groups is 2. The van der Waals surface area contributed by atoms with Crippen LogP contribution in [0, 0.1) is 5.41 Å². The molecule has 2 aliphatic rings. The van der Waals surface area contributed by atoms with Crippen LogP contribution in [0.3, 0.4) is 0 Å². The van der Waals surface area contributed by atoms with E-state index in [1.807, 2.05) is 32.9 Å². The van der Waals surface area contributed by atoms with Crippen LogP contribution in [0.5, 0.6) is 0 Å². The number of hydrogen-bond donors (Lipinski definition) is 1. The van der Waals surface area contributed by atoms with E-state index in [1.54, 1.807) is 6.20 Å². The van der Waals surface area contributed by atoms with E-state index in [2.05, 4.69) is 66.1 Å². The lowest BCUT2D eigenvalue weighted by molar-refractivity contribution is -0.0321. The first kappa shape index (κ1) is 32.6. The van der Waals surface area contributed by atoms with Crippen molar-refractivity contribution in [1.82, 2.24) is 24.7 Å². The number of rotatable bonds is 7. The lowest BCUT2D eigenvalue weighted by atomic mass is 9.91. The van der Waals surface area contributed by atoms with Crippen LogP contribution in [0.15, 0.2) is 30.5 Å². The van der Waals surface area contributed by atoms with E-state index in [-0.39, 0.29) is 17.6 Å². The molecule has 3 aromatic rings. The molecule has 11 heteroatoms. The Morgan fingerprint density at radius 2 is 1.80 bits per heavy atom. The van der Waals surface area contributed by atoms with Crippen molar-refractivity contribution < 1.29 is 18.8 Å². The molecule has 0 saturated carbocycles. The summed E-state index contributed by atoms with van der Waals surface area (Å²) in [6, 6.07) is 8.08. The number of nitrogens with zero attached hydrogens (tertiary/aromatic N) is 4. The normalized spacial score (nSPS) is 17.3. The number of benzene rings is 1. The van der Waals surface area contributed by atoms with Gasteiger partial charge in [0.15, 0.2) is 9.04 Å². The molecule has 1 unspecified atom stereocenters. The third-order valence-electron chi connectivity index (χ3n) is 7.91. The van der Waals surface area contributed by atoms with Gasteiger partial charge >= 0.3 is 6.09 Å². The molecular formula is C33H46ClN5O4Si. The average Bonchev–Trinajstić information content (AvgIpc) is 3.48. The molecule has 1 N–H and O–H groups in total. The predicted molar refractivity (Wildman–Crippen MR) is 178 cm³/mol. The van der Waals surface area contributed by atoms with E-state index in [0.717, 1.165) is 50.1 Å². The molecule has 1 saturated heterocycles. The largest absolute Gasteiger partial charge is 0.443 e. The van der Waals surface area contributed by atoms with Gasteiger partial charge in [-0.2, -0.15) is 0 Å². The SMILES string of the molecule is C[SiH](C)OC(CC(C)(C)C)N1CCN(Cc2ccc3c(c2)cc(-c2ncc(Cl)c4c2C(=O)NC4)n3C(=O)OC(C)(C)C)CC1. The fraction of sp³-hybridized carbons (Fsp3) is 0.545. The third kappa shape index (κ3) is 7.37. The van der Waals surface area contributed by atoms with Gasteiger partial charge in [-0.15, -0.1) is 0 Å². The average molecular weight is 640 g/mol. The number of amides is 1. The Labute approximate surface area is 267 Å². The van der Waals surface area contributed by atoms with Crippen LogP contribution in [0.4, 0.5) is 4.79 Å². The van der Waals surface area contributed by atoms with Gasteiger partial charge in [0, 0.05) is 56.4 Å². The minimum Gasteiger partial charge on any atom is -0.443 e. The van der Waals surface area contributed by atoms with Crippen LogP contribution >= 0.6 is 11.6 Å². The van der Waals surface area contributed by atoms with Crippen molar-refractivity contribution in [2.45, 2.75) is 86.0 Å². The van der Waals surface area contributed by atoms with E-state index in [9.17, 15) is 9.59 Å². The molecule has 4 heterocycles. The number of piperazine rings is 1. The molecule has 5 rings (SSSR count). The van der Waals surface area contributed by atoms with E-state index in [4.69, 9.17) is 20.8 Å². The van der Waals surface area contributed by atoms with Crippen molar-refractivity contribution in [3.8, 4) is 11.4 Å². The van der Waals surface area contributed by atoms with Gasteiger partial charge in [-0.05, 0) is 69.5 Å². The monoisotopic (exact) mass is 639 g/mol. The smallest absolute Gasteiger partial charge is 0.419 e. The molecule has 2 aliphatic heterocycles. The quantitative estimate of drug-likeness (QED) is 0.305. The Morgan fingerprint density at radius 1 is 1.09 bits per heavy atom. The van der Waals surface area contributed by atoms with Crippen molar-refractivity contribution in [2.75, 3.05) is 26.2 Å². The second-order valence-corrected chi connectivity index (χ2v) is 17.2. The fourth-order valence-corrected chi connectivity index (χ4v) is 7.11. The first-order valence-electron chi connectivity index (χ1n) is 15.6. The van der Waals surface area contributed by atoms with Gasteiger partial charge < -0.3 is 14.5 Å². The number of aromatic nitrogens is 2. The van der Waals surface area contributed by atoms with Gasteiger partial charge in [-0.1, -0.05) is 38.4 Å². The standard InChI is InChI=1S/C33H46ClN5O4Si/c1-32(2,3)17-27(43-44(7)8)38-13-11-37(12-14-38)20-21-9-10-25-22(15-21)16-26(39(25)31(41)42-33(4,5)6)29-28-23(18-36-30(28)40)24(34)19-35-29/h9-10,15-16,19,27,44H,11-14,17-18,20H2,1-8H3,(H,36,40). The fourth-order valence-electron chi connectivity index (χ4n) is 6.01. The highest BCUT2D eigenvalue weighted by Crippen LogP contribution is 2.36. The summed E-state index contributed by atoms with van der Waals surface area (Å²) >= 11 is 6.39. The summed E-state index contributed by atoms with van der Waals surface area (Å²) in [6.07, 6.45) is 2.22. The molecule has 0 spiro atoms. The zero-order chi connectivity index (χ0) is 32.0. The number of pyridine rings is 1. The highest BCUT2D eigenvalue weighted by Gasteiger charge is 2.32. The molecule has 1 amide bonds. The zero-order valence-corrected chi connectivity index (χ0v) is 29.2. The molecule has 0 radical (unpaired) electrons. The number of halogens is 1. The van der Waals surface area contributed by atoms with Crippen molar-refractivity contribution in [1.29, 1.82) is 0 Å². The number of fused-ring (bicyclic) bond motifs is 2. The van der Waals surface area contributed by atoms with Crippen LogP contribution in [0.1, 0.15) is 69.4 Å². The van der Waals surface area contributed by atoms with Gasteiger partial charge in [0.25, 0.3) is 5.91 Å². The molecule has 1 atom stereocenters. The molecule has 238 valence electrons. The van der Waals surface area contributed by atoms with Crippen LogP contribution < -0.4 is 5.32 Å².